The number of thiophene rings is 1. The van der Waals surface area contributed by atoms with Gasteiger partial charge in [0.05, 0.1) is 18.6 Å². The molecule has 5 aromatic rings. The van der Waals surface area contributed by atoms with E-state index in [1.54, 1.807) is 17.5 Å². The van der Waals surface area contributed by atoms with Crippen LogP contribution in [0.1, 0.15) is 51.2 Å². The van der Waals surface area contributed by atoms with Crippen molar-refractivity contribution >= 4 is 65.5 Å². The highest BCUT2D eigenvalue weighted by atomic mass is 35.5. The topological polar surface area (TPSA) is 126 Å². The monoisotopic (exact) mass is 684 g/mol. The highest BCUT2D eigenvalue weighted by molar-refractivity contribution is 7.59. The van der Waals surface area contributed by atoms with Crippen LogP contribution >= 0.6 is 36.4 Å². The van der Waals surface area contributed by atoms with Crippen molar-refractivity contribution in [2.75, 3.05) is 23.7 Å². The number of benzene rings is 2. The number of fused-ring (bicyclic) bond motifs is 4. The van der Waals surface area contributed by atoms with Gasteiger partial charge in [0.1, 0.15) is 22.7 Å². The molecule has 2 aromatic carbocycles. The number of nitrogens with zero attached hydrogens (tertiary/aromatic N) is 5. The van der Waals surface area contributed by atoms with Crippen LogP contribution in [-0.4, -0.2) is 50.4 Å². The van der Waals surface area contributed by atoms with Crippen molar-refractivity contribution in [2.24, 2.45) is 4.99 Å². The third kappa shape index (κ3) is 6.40. The van der Waals surface area contributed by atoms with Gasteiger partial charge in [0.2, 0.25) is 11.8 Å². The highest BCUT2D eigenvalue weighted by Gasteiger charge is 2.32. The summed E-state index contributed by atoms with van der Waals surface area (Å²) in [7, 11) is 0. The number of pyridine rings is 1. The quantitative estimate of drug-likeness (QED) is 0.170. The van der Waals surface area contributed by atoms with Crippen molar-refractivity contribution < 1.29 is 9.59 Å². The molecule has 0 unspecified atom stereocenters. The SMILES string of the molecule is Cc1sc2c(c1C)C(c1ccc(Cl)cc1)=N[C@@H](CC(=O)NCCNc1ccc(-c3ccc4c(c3)CC(=O)N4)cn1)c1nnc(C)n1-2.S. The lowest BCUT2D eigenvalue weighted by Gasteiger charge is -2.13. The number of nitrogens with one attached hydrogen (secondary N) is 3. The second-order valence-electron chi connectivity index (χ2n) is 11.4. The van der Waals surface area contributed by atoms with Crippen LogP contribution in [0.3, 0.4) is 0 Å². The number of aromatic nitrogens is 4. The van der Waals surface area contributed by atoms with Gasteiger partial charge in [-0.25, -0.2) is 4.98 Å². The van der Waals surface area contributed by atoms with Gasteiger partial charge in [0, 0.05) is 51.6 Å². The van der Waals surface area contributed by atoms with E-state index in [9.17, 15) is 9.59 Å². The van der Waals surface area contributed by atoms with Gasteiger partial charge < -0.3 is 16.0 Å². The minimum absolute atomic E-state index is 0. The molecule has 47 heavy (non-hydrogen) atoms. The van der Waals surface area contributed by atoms with Gasteiger partial charge in [-0.3, -0.25) is 19.1 Å². The Labute approximate surface area is 288 Å². The standard InChI is InChI=1S/C34H31ClN8O2S.H2S/c1-18-19(2)46-34-31(18)32(21-4-8-25(35)9-5-21)40-27(33-42-41-20(3)43(33)34)16-29(44)37-13-12-36-28-11-7-23(17-38-28)22-6-10-26-24(14-22)15-30(45)39-26;/h4-11,14,17,27H,12-13,15-16H2,1-3H3,(H,36,38)(H,37,44)(H,39,45);1H2/t27-;/m0./s1. The normalized spacial score (nSPS) is 14.6. The molecule has 0 saturated heterocycles. The molecule has 0 fully saturated rings. The van der Waals surface area contributed by atoms with Gasteiger partial charge >= 0.3 is 0 Å². The molecule has 2 amide bonds. The van der Waals surface area contributed by atoms with Crippen LogP contribution in [0.5, 0.6) is 0 Å². The van der Waals surface area contributed by atoms with Crippen molar-refractivity contribution in [2.45, 2.75) is 39.7 Å². The maximum atomic E-state index is 13.3. The molecule has 13 heteroatoms. The van der Waals surface area contributed by atoms with Crippen molar-refractivity contribution in [1.29, 1.82) is 0 Å². The molecule has 5 heterocycles. The number of carbonyl (C=O) groups excluding carboxylic acids is 2. The Balaban J connectivity index is 0.00000386. The van der Waals surface area contributed by atoms with Crippen LogP contribution in [-0.2, 0) is 16.0 Å². The summed E-state index contributed by atoms with van der Waals surface area (Å²) in [6, 6.07) is 16.9. The first-order valence-corrected chi connectivity index (χ1v) is 16.2. The van der Waals surface area contributed by atoms with Crippen molar-refractivity contribution in [3.8, 4) is 16.1 Å². The summed E-state index contributed by atoms with van der Waals surface area (Å²) in [4.78, 5) is 35.8. The van der Waals surface area contributed by atoms with Gasteiger partial charge in [0.15, 0.2) is 5.82 Å². The number of aliphatic imine (C=N–C) groups is 1. The maximum absolute atomic E-state index is 13.3. The number of halogens is 1. The molecule has 1 atom stereocenters. The van der Waals surface area contributed by atoms with Crippen LogP contribution in [0.15, 0.2) is 65.8 Å². The maximum Gasteiger partial charge on any atom is 0.228 e. The first-order valence-electron chi connectivity index (χ1n) is 15.0. The summed E-state index contributed by atoms with van der Waals surface area (Å²) in [5.74, 6) is 1.98. The minimum atomic E-state index is -0.526. The van der Waals surface area contributed by atoms with E-state index in [0.717, 1.165) is 55.6 Å². The zero-order valence-corrected chi connectivity index (χ0v) is 28.6. The number of hydrogen-bond acceptors (Lipinski definition) is 8. The van der Waals surface area contributed by atoms with Crippen LogP contribution in [0, 0.1) is 20.8 Å². The van der Waals surface area contributed by atoms with E-state index < -0.39 is 6.04 Å². The van der Waals surface area contributed by atoms with Crippen molar-refractivity contribution in [1.82, 2.24) is 25.1 Å². The molecule has 0 bridgehead atoms. The molecule has 10 nitrogen and oxygen atoms in total. The Bertz CT molecular complexity index is 2020. The zero-order valence-electron chi connectivity index (χ0n) is 26.0. The van der Waals surface area contributed by atoms with Crippen LogP contribution in [0.25, 0.3) is 16.1 Å². The lowest BCUT2D eigenvalue weighted by molar-refractivity contribution is -0.121. The van der Waals surface area contributed by atoms with Crippen LogP contribution in [0.2, 0.25) is 5.02 Å². The Morgan fingerprint density at radius 3 is 2.55 bits per heavy atom. The third-order valence-corrected chi connectivity index (χ3v) is 9.76. The van der Waals surface area contributed by atoms with E-state index in [2.05, 4.69) is 45.0 Å². The van der Waals surface area contributed by atoms with Crippen LogP contribution < -0.4 is 16.0 Å². The molecule has 0 saturated carbocycles. The van der Waals surface area contributed by atoms with E-state index in [1.807, 2.05) is 66.1 Å². The number of anilines is 2. The fourth-order valence-corrected chi connectivity index (χ4v) is 7.19. The molecule has 3 N–H and O–H groups in total. The van der Waals surface area contributed by atoms with Gasteiger partial charge in [0.25, 0.3) is 0 Å². The average Bonchev–Trinajstić information content (AvgIpc) is 3.68. The van der Waals surface area contributed by atoms with E-state index >= 15 is 0 Å². The molecular weight excluding hydrogens is 652 g/mol. The summed E-state index contributed by atoms with van der Waals surface area (Å²) in [5.41, 5.74) is 7.76. The summed E-state index contributed by atoms with van der Waals surface area (Å²) >= 11 is 7.89. The molecule has 2 aliphatic rings. The first kappa shape index (κ1) is 32.4. The number of carbonyl (C=O) groups is 2. The van der Waals surface area contributed by atoms with Gasteiger partial charge in [-0.05, 0) is 73.9 Å². The van der Waals surface area contributed by atoms with Crippen molar-refractivity contribution in [3.63, 3.8) is 0 Å². The highest BCUT2D eigenvalue weighted by Crippen LogP contribution is 2.39. The van der Waals surface area contributed by atoms with Crippen molar-refractivity contribution in [3.05, 3.63) is 105 Å². The lowest BCUT2D eigenvalue weighted by atomic mass is 9.99. The zero-order chi connectivity index (χ0) is 31.9. The Morgan fingerprint density at radius 1 is 1.02 bits per heavy atom. The summed E-state index contributed by atoms with van der Waals surface area (Å²) in [6.07, 6.45) is 2.32. The average molecular weight is 685 g/mol. The predicted octanol–water partition coefficient (Wildman–Crippen LogP) is 6.09. The first-order chi connectivity index (χ1) is 22.2. The minimum Gasteiger partial charge on any atom is -0.368 e. The molecule has 240 valence electrons. The second-order valence-corrected chi connectivity index (χ2v) is 13.1. The van der Waals surface area contributed by atoms with Gasteiger partial charge in [-0.15, -0.1) is 21.5 Å². The van der Waals surface area contributed by atoms with Crippen LogP contribution in [0.4, 0.5) is 11.5 Å². The van der Waals surface area contributed by atoms with E-state index in [4.69, 9.17) is 16.6 Å². The van der Waals surface area contributed by atoms with Gasteiger partial charge in [-0.1, -0.05) is 29.8 Å². The van der Waals surface area contributed by atoms with Gasteiger partial charge in [-0.2, -0.15) is 13.5 Å². The Kier molecular flexibility index (Phi) is 9.18. The predicted molar refractivity (Wildman–Crippen MR) is 192 cm³/mol. The largest absolute Gasteiger partial charge is 0.368 e. The summed E-state index contributed by atoms with van der Waals surface area (Å²) < 4.78 is 2.04. The second kappa shape index (κ2) is 13.3. The molecule has 3 aromatic heterocycles. The fourth-order valence-electron chi connectivity index (χ4n) is 5.85. The molecule has 0 aliphatic carbocycles. The Morgan fingerprint density at radius 2 is 1.79 bits per heavy atom. The molecular formula is C34H33ClN8O2S2. The Hall–Kier alpha value is -4.52. The summed E-state index contributed by atoms with van der Waals surface area (Å²) in [5, 5.41) is 19.7. The molecule has 0 radical (unpaired) electrons. The smallest absolute Gasteiger partial charge is 0.228 e. The third-order valence-electron chi connectivity index (χ3n) is 8.32. The number of aryl methyl sites for hydroxylation is 2. The number of rotatable bonds is 8. The molecule has 2 aliphatic heterocycles. The summed E-state index contributed by atoms with van der Waals surface area (Å²) in [6.45, 7) is 7.04. The van der Waals surface area contributed by atoms with E-state index in [-0.39, 0.29) is 31.7 Å². The lowest BCUT2D eigenvalue weighted by Crippen LogP contribution is -2.30. The van der Waals surface area contributed by atoms with E-state index in [1.165, 1.54) is 4.88 Å². The number of amides is 2. The van der Waals surface area contributed by atoms with E-state index in [0.29, 0.717) is 36.2 Å². The molecule has 0 spiro atoms. The fraction of sp³-hybridized carbons (Fsp3) is 0.235. The molecule has 7 rings (SSSR count). The number of hydrogen-bond donors (Lipinski definition) is 3.